The van der Waals surface area contributed by atoms with Crippen LogP contribution in [0.4, 0.5) is 0 Å². The van der Waals surface area contributed by atoms with Crippen LogP contribution < -0.4 is 5.32 Å². The van der Waals surface area contributed by atoms with Crippen LogP contribution in [-0.2, 0) is 11.3 Å². The summed E-state index contributed by atoms with van der Waals surface area (Å²) < 4.78 is 0. The number of aromatic nitrogens is 2. The highest BCUT2D eigenvalue weighted by atomic mass is 16.4. The maximum atomic E-state index is 12.1. The van der Waals surface area contributed by atoms with Gasteiger partial charge in [-0.15, -0.1) is 0 Å². The SMILES string of the molecule is Cc1cc(/C=C/C(=O)O)cc(C(=O)NCc2ncc[nH]2)c1. The van der Waals surface area contributed by atoms with Crippen molar-refractivity contribution in [3.63, 3.8) is 0 Å². The number of carbonyl (C=O) groups excluding carboxylic acids is 1. The van der Waals surface area contributed by atoms with Crippen molar-refractivity contribution in [2.24, 2.45) is 0 Å². The molecule has 1 aromatic heterocycles. The lowest BCUT2D eigenvalue weighted by Gasteiger charge is -2.06. The first-order valence-corrected chi connectivity index (χ1v) is 6.34. The molecule has 0 spiro atoms. The summed E-state index contributed by atoms with van der Waals surface area (Å²) >= 11 is 0. The molecule has 0 radical (unpaired) electrons. The number of H-pyrrole nitrogens is 1. The Morgan fingerprint density at radius 2 is 2.19 bits per heavy atom. The average molecular weight is 285 g/mol. The highest BCUT2D eigenvalue weighted by Crippen LogP contribution is 2.11. The standard InChI is InChI=1S/C15H15N3O3/c1-10-6-11(2-3-14(19)20)8-12(7-10)15(21)18-9-13-16-4-5-17-13/h2-8H,9H2,1H3,(H,16,17)(H,18,21)(H,19,20)/b3-2+. The zero-order valence-electron chi connectivity index (χ0n) is 11.5. The maximum absolute atomic E-state index is 12.1. The van der Waals surface area contributed by atoms with Crippen LogP contribution in [0.5, 0.6) is 0 Å². The van der Waals surface area contributed by atoms with Crippen molar-refractivity contribution in [2.75, 3.05) is 0 Å². The van der Waals surface area contributed by atoms with Crippen LogP contribution in [0.3, 0.4) is 0 Å². The van der Waals surface area contributed by atoms with E-state index in [-0.39, 0.29) is 5.91 Å². The summed E-state index contributed by atoms with van der Waals surface area (Å²) in [4.78, 5) is 29.5. The van der Waals surface area contributed by atoms with Gasteiger partial charge in [0, 0.05) is 24.0 Å². The number of nitrogens with zero attached hydrogens (tertiary/aromatic N) is 1. The van der Waals surface area contributed by atoms with Crippen molar-refractivity contribution in [2.45, 2.75) is 13.5 Å². The van der Waals surface area contributed by atoms with Crippen LogP contribution >= 0.6 is 0 Å². The molecule has 6 heteroatoms. The molecule has 0 aliphatic carbocycles. The molecule has 0 atom stereocenters. The minimum absolute atomic E-state index is 0.236. The average Bonchev–Trinajstić information content (AvgIpc) is 2.95. The van der Waals surface area contributed by atoms with Gasteiger partial charge in [-0.2, -0.15) is 0 Å². The minimum Gasteiger partial charge on any atom is -0.478 e. The second-order valence-corrected chi connectivity index (χ2v) is 4.52. The fourth-order valence-corrected chi connectivity index (χ4v) is 1.87. The first kappa shape index (κ1) is 14.5. The summed E-state index contributed by atoms with van der Waals surface area (Å²) in [6.07, 6.45) is 5.80. The molecule has 0 unspecified atom stereocenters. The number of carbonyl (C=O) groups is 2. The normalized spacial score (nSPS) is 10.7. The van der Waals surface area contributed by atoms with Gasteiger partial charge < -0.3 is 15.4 Å². The Labute approximate surface area is 121 Å². The summed E-state index contributed by atoms with van der Waals surface area (Å²) in [5, 5.41) is 11.4. The third-order valence-electron chi connectivity index (χ3n) is 2.75. The van der Waals surface area contributed by atoms with E-state index in [1.54, 1.807) is 24.5 Å². The zero-order valence-corrected chi connectivity index (χ0v) is 11.5. The molecule has 6 nitrogen and oxygen atoms in total. The van der Waals surface area contributed by atoms with E-state index in [9.17, 15) is 9.59 Å². The van der Waals surface area contributed by atoms with E-state index < -0.39 is 5.97 Å². The Kier molecular flexibility index (Phi) is 4.50. The third kappa shape index (κ3) is 4.31. The Hall–Kier alpha value is -2.89. The predicted octanol–water partition coefficient (Wildman–Crippen LogP) is 1.75. The summed E-state index contributed by atoms with van der Waals surface area (Å²) in [5.41, 5.74) is 2.03. The molecule has 0 aliphatic heterocycles. The highest BCUT2D eigenvalue weighted by molar-refractivity contribution is 5.95. The van der Waals surface area contributed by atoms with Crippen LogP contribution in [0.2, 0.25) is 0 Å². The number of aromatic amines is 1. The number of carboxylic acids is 1. The van der Waals surface area contributed by atoms with Gasteiger partial charge >= 0.3 is 5.97 Å². The number of benzene rings is 1. The molecule has 0 bridgehead atoms. The molecule has 0 fully saturated rings. The van der Waals surface area contributed by atoms with Gasteiger partial charge in [-0.25, -0.2) is 9.78 Å². The van der Waals surface area contributed by atoms with Gasteiger partial charge in [0.15, 0.2) is 0 Å². The van der Waals surface area contributed by atoms with Gasteiger partial charge in [-0.1, -0.05) is 6.07 Å². The van der Waals surface area contributed by atoms with Crippen molar-refractivity contribution in [1.82, 2.24) is 15.3 Å². The Morgan fingerprint density at radius 1 is 1.38 bits per heavy atom. The van der Waals surface area contributed by atoms with Crippen LogP contribution in [0.1, 0.15) is 27.3 Å². The fraction of sp³-hybridized carbons (Fsp3) is 0.133. The molecule has 0 aliphatic rings. The quantitative estimate of drug-likeness (QED) is 0.729. The molecule has 1 heterocycles. The molecule has 2 rings (SSSR count). The second kappa shape index (κ2) is 6.51. The first-order valence-electron chi connectivity index (χ1n) is 6.34. The lowest BCUT2D eigenvalue weighted by atomic mass is 10.1. The van der Waals surface area contributed by atoms with E-state index in [0.29, 0.717) is 23.5 Å². The fourth-order valence-electron chi connectivity index (χ4n) is 1.87. The van der Waals surface area contributed by atoms with E-state index in [4.69, 9.17) is 5.11 Å². The Morgan fingerprint density at radius 3 is 2.86 bits per heavy atom. The van der Waals surface area contributed by atoms with E-state index >= 15 is 0 Å². The van der Waals surface area contributed by atoms with Gasteiger partial charge in [0.2, 0.25) is 0 Å². The van der Waals surface area contributed by atoms with Crippen LogP contribution in [-0.4, -0.2) is 27.0 Å². The second-order valence-electron chi connectivity index (χ2n) is 4.52. The first-order chi connectivity index (χ1) is 10.0. The van der Waals surface area contributed by atoms with Crippen molar-refractivity contribution in [1.29, 1.82) is 0 Å². The molecule has 108 valence electrons. The molecule has 0 saturated heterocycles. The zero-order chi connectivity index (χ0) is 15.2. The minimum atomic E-state index is -1.03. The molecule has 21 heavy (non-hydrogen) atoms. The smallest absolute Gasteiger partial charge is 0.328 e. The van der Waals surface area contributed by atoms with Gasteiger partial charge in [0.1, 0.15) is 5.82 Å². The van der Waals surface area contributed by atoms with E-state index in [1.807, 2.05) is 13.0 Å². The van der Waals surface area contributed by atoms with Gasteiger partial charge in [-0.3, -0.25) is 4.79 Å². The van der Waals surface area contributed by atoms with Crippen LogP contribution in [0, 0.1) is 6.92 Å². The monoisotopic (exact) mass is 285 g/mol. The van der Waals surface area contributed by atoms with E-state index in [1.165, 1.54) is 6.08 Å². The molecule has 1 aromatic carbocycles. The largest absolute Gasteiger partial charge is 0.478 e. The predicted molar refractivity (Wildman–Crippen MR) is 77.6 cm³/mol. The third-order valence-corrected chi connectivity index (χ3v) is 2.75. The van der Waals surface area contributed by atoms with E-state index in [2.05, 4.69) is 15.3 Å². The molecule has 2 aromatic rings. The maximum Gasteiger partial charge on any atom is 0.328 e. The molecule has 0 saturated carbocycles. The number of hydrogen-bond donors (Lipinski definition) is 3. The molecule has 1 amide bonds. The van der Waals surface area contributed by atoms with Crippen LogP contribution in [0.25, 0.3) is 6.08 Å². The summed E-state index contributed by atoms with van der Waals surface area (Å²) in [6.45, 7) is 2.15. The van der Waals surface area contributed by atoms with Gasteiger partial charge in [0.05, 0.1) is 6.54 Å². The Balaban J connectivity index is 2.11. The summed E-state index contributed by atoms with van der Waals surface area (Å²) in [6, 6.07) is 5.20. The number of nitrogens with one attached hydrogen (secondary N) is 2. The van der Waals surface area contributed by atoms with Crippen molar-refractivity contribution in [3.8, 4) is 0 Å². The number of hydrogen-bond acceptors (Lipinski definition) is 3. The molecular formula is C15H15N3O3. The molecule has 3 N–H and O–H groups in total. The summed E-state index contributed by atoms with van der Waals surface area (Å²) in [7, 11) is 0. The lowest BCUT2D eigenvalue weighted by Crippen LogP contribution is -2.23. The number of aryl methyl sites for hydroxylation is 1. The highest BCUT2D eigenvalue weighted by Gasteiger charge is 2.07. The van der Waals surface area contributed by atoms with Crippen molar-refractivity contribution < 1.29 is 14.7 Å². The number of amides is 1. The number of imidazole rings is 1. The van der Waals surface area contributed by atoms with Gasteiger partial charge in [0.25, 0.3) is 5.91 Å². The van der Waals surface area contributed by atoms with Gasteiger partial charge in [-0.05, 0) is 36.3 Å². The lowest BCUT2D eigenvalue weighted by molar-refractivity contribution is -0.131. The molecular weight excluding hydrogens is 270 g/mol. The summed E-state index contributed by atoms with van der Waals surface area (Å²) in [5.74, 6) is -0.595. The number of aliphatic carboxylic acids is 1. The number of carboxylic acid groups (broad SMARTS) is 1. The van der Waals surface area contributed by atoms with E-state index in [0.717, 1.165) is 11.6 Å². The van der Waals surface area contributed by atoms with Crippen LogP contribution in [0.15, 0.2) is 36.7 Å². The van der Waals surface area contributed by atoms with Crippen molar-refractivity contribution in [3.05, 3.63) is 59.2 Å². The Bertz CT molecular complexity index is 675. The number of rotatable bonds is 5. The van der Waals surface area contributed by atoms with Crippen molar-refractivity contribution >= 4 is 18.0 Å². The topological polar surface area (TPSA) is 95.1 Å².